The fraction of sp³-hybridized carbons (Fsp3) is 0.0667. The van der Waals surface area contributed by atoms with Gasteiger partial charge in [-0.05, 0) is 35.4 Å². The Balaban J connectivity index is 2.20. The predicted molar refractivity (Wildman–Crippen MR) is 80.6 cm³/mol. The van der Waals surface area contributed by atoms with Gasteiger partial charge in [-0.25, -0.2) is 8.42 Å². The molecule has 0 aliphatic rings. The lowest BCUT2D eigenvalue weighted by atomic mass is 10.1. The molecule has 0 bridgehead atoms. The van der Waals surface area contributed by atoms with E-state index in [0.29, 0.717) is 11.1 Å². The van der Waals surface area contributed by atoms with Crippen LogP contribution in [0, 0.1) is 10.1 Å². The summed E-state index contributed by atoms with van der Waals surface area (Å²) in [6, 6.07) is 13.8. The van der Waals surface area contributed by atoms with E-state index >= 15 is 0 Å². The van der Waals surface area contributed by atoms with Crippen molar-refractivity contribution >= 4 is 21.1 Å². The molecule has 0 spiro atoms. The largest absolute Gasteiger partial charge is 0.269 e. The molecular formula is C15H13NO4S. The van der Waals surface area contributed by atoms with Crippen LogP contribution in [-0.4, -0.2) is 19.1 Å². The van der Waals surface area contributed by atoms with Gasteiger partial charge in [0.1, 0.15) is 0 Å². The molecule has 0 aliphatic heterocycles. The number of benzene rings is 2. The molecule has 5 nitrogen and oxygen atoms in total. The lowest BCUT2D eigenvalue weighted by Crippen LogP contribution is -2.08. The minimum atomic E-state index is -3.47. The fourth-order valence-electron chi connectivity index (χ4n) is 1.84. The summed E-state index contributed by atoms with van der Waals surface area (Å²) < 4.78 is 24.4. The van der Waals surface area contributed by atoms with Crippen LogP contribution in [0.3, 0.4) is 0 Å². The topological polar surface area (TPSA) is 77.3 Å². The monoisotopic (exact) mass is 303 g/mol. The van der Waals surface area contributed by atoms with Crippen molar-refractivity contribution in [3.8, 4) is 0 Å². The van der Waals surface area contributed by atoms with E-state index in [4.69, 9.17) is 0 Å². The number of rotatable bonds is 5. The van der Waals surface area contributed by atoms with Gasteiger partial charge in [-0.15, -0.1) is 0 Å². The molecule has 0 aliphatic carbocycles. The van der Waals surface area contributed by atoms with Crippen molar-refractivity contribution in [2.24, 2.45) is 0 Å². The van der Waals surface area contributed by atoms with Gasteiger partial charge >= 0.3 is 0 Å². The van der Waals surface area contributed by atoms with Crippen LogP contribution in [0.5, 0.6) is 0 Å². The van der Waals surface area contributed by atoms with Crippen molar-refractivity contribution < 1.29 is 13.3 Å². The average molecular weight is 303 g/mol. The third-order valence-corrected chi connectivity index (χ3v) is 4.67. The molecule has 21 heavy (non-hydrogen) atoms. The van der Waals surface area contributed by atoms with Crippen LogP contribution >= 0.6 is 0 Å². The highest BCUT2D eigenvalue weighted by Gasteiger charge is 2.16. The molecule has 2 aromatic rings. The first-order valence-electron chi connectivity index (χ1n) is 6.10. The predicted octanol–water partition coefficient (Wildman–Crippen LogP) is 3.08. The molecule has 0 amide bonds. The number of nitro benzene ring substituents is 1. The van der Waals surface area contributed by atoms with Gasteiger partial charge in [0.2, 0.25) is 0 Å². The molecular weight excluding hydrogens is 290 g/mol. The number of hydrogen-bond acceptors (Lipinski definition) is 4. The van der Waals surface area contributed by atoms with Crippen molar-refractivity contribution in [2.75, 3.05) is 5.75 Å². The Kier molecular flexibility index (Phi) is 4.18. The number of non-ortho nitro benzene ring substituents is 1. The third-order valence-electron chi connectivity index (χ3n) is 2.95. The Morgan fingerprint density at radius 3 is 2.14 bits per heavy atom. The molecule has 0 heterocycles. The smallest absolute Gasteiger partial charge is 0.258 e. The molecule has 0 fully saturated rings. The summed E-state index contributed by atoms with van der Waals surface area (Å²) >= 11 is 0. The zero-order valence-electron chi connectivity index (χ0n) is 11.1. The van der Waals surface area contributed by atoms with E-state index in [-0.39, 0.29) is 16.3 Å². The van der Waals surface area contributed by atoms with Crippen LogP contribution in [0.15, 0.2) is 66.1 Å². The van der Waals surface area contributed by atoms with Crippen LogP contribution in [-0.2, 0) is 9.84 Å². The lowest BCUT2D eigenvalue weighted by molar-refractivity contribution is -0.384. The molecule has 108 valence electrons. The molecule has 0 aromatic heterocycles. The van der Waals surface area contributed by atoms with Gasteiger partial charge in [0.05, 0.1) is 15.6 Å². The molecule has 6 heteroatoms. The zero-order chi connectivity index (χ0) is 15.5. The Bertz CT molecular complexity index is 765. The average Bonchev–Trinajstić information content (AvgIpc) is 2.48. The summed E-state index contributed by atoms with van der Waals surface area (Å²) in [7, 11) is -3.47. The number of hydrogen-bond donors (Lipinski definition) is 0. The Hall–Kier alpha value is -2.47. The zero-order valence-corrected chi connectivity index (χ0v) is 11.9. The van der Waals surface area contributed by atoms with Crippen LogP contribution in [0.2, 0.25) is 0 Å². The summed E-state index contributed by atoms with van der Waals surface area (Å²) in [5, 5.41) is 10.6. The number of nitrogens with zero attached hydrogens (tertiary/aromatic N) is 1. The summed E-state index contributed by atoms with van der Waals surface area (Å²) in [6.45, 7) is 3.76. The van der Waals surface area contributed by atoms with Crippen LogP contribution < -0.4 is 0 Å². The first kappa shape index (κ1) is 14.9. The maximum atomic E-state index is 12.2. The van der Waals surface area contributed by atoms with E-state index in [9.17, 15) is 18.5 Å². The highest BCUT2D eigenvalue weighted by Crippen LogP contribution is 2.21. The van der Waals surface area contributed by atoms with E-state index in [2.05, 4.69) is 6.58 Å². The summed E-state index contributed by atoms with van der Waals surface area (Å²) in [6.07, 6.45) is 0. The standard InChI is InChI=1S/C15H13NO4S/c1-12(13-7-9-14(10-8-13)16(17)18)11-21(19,20)15-5-3-2-4-6-15/h2-10H,1,11H2. The third kappa shape index (κ3) is 3.55. The molecule has 2 aromatic carbocycles. The van der Waals surface area contributed by atoms with E-state index in [1.54, 1.807) is 18.2 Å². The maximum Gasteiger partial charge on any atom is 0.269 e. The Labute approximate surface area is 122 Å². The van der Waals surface area contributed by atoms with E-state index in [1.165, 1.54) is 36.4 Å². The quantitative estimate of drug-likeness (QED) is 0.628. The van der Waals surface area contributed by atoms with Gasteiger partial charge in [-0.3, -0.25) is 10.1 Å². The van der Waals surface area contributed by atoms with Gasteiger partial charge in [0.25, 0.3) is 5.69 Å². The molecule has 0 unspecified atom stereocenters. The minimum absolute atomic E-state index is 0.0440. The van der Waals surface area contributed by atoms with Crippen LogP contribution in [0.1, 0.15) is 5.56 Å². The van der Waals surface area contributed by atoms with E-state index in [0.717, 1.165) is 0 Å². The molecule has 0 saturated heterocycles. The molecule has 0 N–H and O–H groups in total. The normalized spacial score (nSPS) is 11.0. The molecule has 0 atom stereocenters. The van der Waals surface area contributed by atoms with Crippen molar-refractivity contribution in [2.45, 2.75) is 4.90 Å². The van der Waals surface area contributed by atoms with Gasteiger partial charge < -0.3 is 0 Å². The molecule has 2 rings (SSSR count). The van der Waals surface area contributed by atoms with Crippen molar-refractivity contribution in [1.82, 2.24) is 0 Å². The first-order valence-corrected chi connectivity index (χ1v) is 7.76. The van der Waals surface area contributed by atoms with E-state index < -0.39 is 14.8 Å². The SMILES string of the molecule is C=C(CS(=O)(=O)c1ccccc1)c1ccc([N+](=O)[O-])cc1. The highest BCUT2D eigenvalue weighted by molar-refractivity contribution is 7.91. The van der Waals surface area contributed by atoms with Gasteiger partial charge in [0, 0.05) is 12.1 Å². The maximum absolute atomic E-state index is 12.2. The lowest BCUT2D eigenvalue weighted by Gasteiger charge is -2.07. The van der Waals surface area contributed by atoms with Crippen molar-refractivity contribution in [3.05, 3.63) is 76.9 Å². The second-order valence-electron chi connectivity index (χ2n) is 4.48. The number of nitro groups is 1. The highest BCUT2D eigenvalue weighted by atomic mass is 32.2. The van der Waals surface area contributed by atoms with Gasteiger partial charge in [0.15, 0.2) is 9.84 Å². The Morgan fingerprint density at radius 2 is 1.62 bits per heavy atom. The van der Waals surface area contributed by atoms with Crippen molar-refractivity contribution in [1.29, 1.82) is 0 Å². The second kappa shape index (κ2) is 5.88. The summed E-state index contributed by atoms with van der Waals surface area (Å²) in [4.78, 5) is 10.3. The van der Waals surface area contributed by atoms with Gasteiger partial charge in [-0.1, -0.05) is 24.8 Å². The molecule has 0 radical (unpaired) electrons. The van der Waals surface area contributed by atoms with Crippen molar-refractivity contribution in [3.63, 3.8) is 0 Å². The van der Waals surface area contributed by atoms with Crippen LogP contribution in [0.4, 0.5) is 5.69 Å². The summed E-state index contributed by atoms with van der Waals surface area (Å²) in [5.74, 6) is -0.227. The molecule has 0 saturated carbocycles. The fourth-order valence-corrected chi connectivity index (χ4v) is 3.21. The number of sulfone groups is 1. The van der Waals surface area contributed by atoms with Crippen LogP contribution in [0.25, 0.3) is 5.57 Å². The summed E-state index contributed by atoms with van der Waals surface area (Å²) in [5.41, 5.74) is 0.923. The minimum Gasteiger partial charge on any atom is -0.258 e. The first-order chi connectivity index (χ1) is 9.90. The second-order valence-corrected chi connectivity index (χ2v) is 6.47. The van der Waals surface area contributed by atoms with E-state index in [1.807, 2.05) is 0 Å². The van der Waals surface area contributed by atoms with Gasteiger partial charge in [-0.2, -0.15) is 0 Å². The Morgan fingerprint density at radius 1 is 1.05 bits per heavy atom.